The summed E-state index contributed by atoms with van der Waals surface area (Å²) in [5.74, 6) is 5.03. The number of hydrogen-bond donors (Lipinski definition) is 3. The van der Waals surface area contributed by atoms with E-state index in [1.807, 2.05) is 0 Å². The number of aromatic nitrogens is 1. The fourth-order valence-corrected chi connectivity index (χ4v) is 1.43. The van der Waals surface area contributed by atoms with E-state index < -0.39 is 17.9 Å². The summed E-state index contributed by atoms with van der Waals surface area (Å²) in [7, 11) is 0. The van der Waals surface area contributed by atoms with Crippen LogP contribution in [-0.4, -0.2) is 41.1 Å². The van der Waals surface area contributed by atoms with Crippen molar-refractivity contribution in [1.82, 2.24) is 4.98 Å². The third-order valence-corrected chi connectivity index (χ3v) is 2.21. The van der Waals surface area contributed by atoms with Crippen LogP contribution in [0.4, 0.5) is 26.1 Å². The van der Waals surface area contributed by atoms with Crippen LogP contribution in [0.15, 0.2) is 12.1 Å². The molecule has 0 aliphatic rings. The SMILES string of the molecule is NNc1cc([N+](=O)[O-])cc(N(CCO)CC(F)F)n1. The van der Waals surface area contributed by atoms with Gasteiger partial charge < -0.3 is 15.4 Å². The Balaban J connectivity index is 3.13. The molecular formula is C9H13F2N5O3. The zero-order valence-electron chi connectivity index (χ0n) is 9.79. The van der Waals surface area contributed by atoms with Crippen molar-refractivity contribution in [2.24, 2.45) is 5.84 Å². The summed E-state index contributed by atoms with van der Waals surface area (Å²) < 4.78 is 24.8. The second-order valence-electron chi connectivity index (χ2n) is 3.53. The van der Waals surface area contributed by atoms with E-state index in [1.165, 1.54) is 0 Å². The van der Waals surface area contributed by atoms with Crippen LogP contribution in [0.3, 0.4) is 0 Å². The lowest BCUT2D eigenvalue weighted by Crippen LogP contribution is -2.32. The summed E-state index contributed by atoms with van der Waals surface area (Å²) in [6.07, 6.45) is -2.66. The maximum atomic E-state index is 12.4. The highest BCUT2D eigenvalue weighted by Gasteiger charge is 2.18. The van der Waals surface area contributed by atoms with Gasteiger partial charge in [0.2, 0.25) is 0 Å². The van der Waals surface area contributed by atoms with Gasteiger partial charge in [0.05, 0.1) is 30.2 Å². The van der Waals surface area contributed by atoms with Gasteiger partial charge in [0, 0.05) is 6.54 Å². The number of pyridine rings is 1. The van der Waals surface area contributed by atoms with Crippen LogP contribution in [-0.2, 0) is 0 Å². The number of rotatable bonds is 7. The molecule has 8 nitrogen and oxygen atoms in total. The molecule has 0 unspecified atom stereocenters. The third-order valence-electron chi connectivity index (χ3n) is 2.21. The third kappa shape index (κ3) is 4.26. The van der Waals surface area contributed by atoms with Gasteiger partial charge in [-0.1, -0.05) is 0 Å². The summed E-state index contributed by atoms with van der Waals surface area (Å²) in [4.78, 5) is 14.9. The fourth-order valence-electron chi connectivity index (χ4n) is 1.43. The maximum Gasteiger partial charge on any atom is 0.276 e. The van der Waals surface area contributed by atoms with Gasteiger partial charge in [0.1, 0.15) is 11.6 Å². The van der Waals surface area contributed by atoms with Crippen LogP contribution >= 0.6 is 0 Å². The fraction of sp³-hybridized carbons (Fsp3) is 0.444. The van der Waals surface area contributed by atoms with E-state index >= 15 is 0 Å². The molecule has 0 fully saturated rings. The van der Waals surface area contributed by atoms with Crippen molar-refractivity contribution in [3.8, 4) is 0 Å². The Morgan fingerprint density at radius 1 is 1.58 bits per heavy atom. The number of halogens is 2. The summed E-state index contributed by atoms with van der Waals surface area (Å²) in [5.41, 5.74) is 1.78. The second-order valence-corrected chi connectivity index (χ2v) is 3.53. The predicted molar refractivity (Wildman–Crippen MR) is 64.0 cm³/mol. The predicted octanol–water partition coefficient (Wildman–Crippen LogP) is 0.339. The summed E-state index contributed by atoms with van der Waals surface area (Å²) in [6.45, 7) is -1.20. The molecule has 10 heteroatoms. The molecule has 0 saturated carbocycles. The van der Waals surface area contributed by atoms with Crippen molar-refractivity contribution in [3.05, 3.63) is 22.2 Å². The standard InChI is InChI=1S/C9H13F2N5O3/c10-7(11)5-15(1-2-17)9-4-6(16(18)19)3-8(13-9)14-12/h3-4,7,17H,1-2,5,12H2,(H,13,14). The molecule has 0 spiro atoms. The first-order chi connectivity index (χ1) is 8.97. The number of alkyl halides is 2. The van der Waals surface area contributed by atoms with Crippen LogP contribution < -0.4 is 16.2 Å². The van der Waals surface area contributed by atoms with E-state index in [4.69, 9.17) is 10.9 Å². The van der Waals surface area contributed by atoms with Gasteiger partial charge in [-0.2, -0.15) is 0 Å². The number of anilines is 2. The molecule has 4 N–H and O–H groups in total. The molecule has 0 atom stereocenters. The minimum absolute atomic E-state index is 0.0265. The highest BCUT2D eigenvalue weighted by molar-refractivity contribution is 5.55. The van der Waals surface area contributed by atoms with E-state index in [1.54, 1.807) is 0 Å². The van der Waals surface area contributed by atoms with E-state index in [-0.39, 0.29) is 30.5 Å². The largest absolute Gasteiger partial charge is 0.395 e. The Hall–Kier alpha value is -2.07. The zero-order valence-corrected chi connectivity index (χ0v) is 9.79. The molecule has 0 radical (unpaired) electrons. The van der Waals surface area contributed by atoms with Crippen molar-refractivity contribution < 1.29 is 18.8 Å². The monoisotopic (exact) mass is 277 g/mol. The van der Waals surface area contributed by atoms with Gasteiger partial charge in [-0.15, -0.1) is 0 Å². The molecule has 106 valence electrons. The van der Waals surface area contributed by atoms with Crippen molar-refractivity contribution in [2.45, 2.75) is 6.43 Å². The molecule has 1 aromatic rings. The number of nitrogens with two attached hydrogens (primary N) is 1. The van der Waals surface area contributed by atoms with Crippen molar-refractivity contribution in [3.63, 3.8) is 0 Å². The number of aliphatic hydroxyl groups is 1. The molecule has 0 bridgehead atoms. The van der Waals surface area contributed by atoms with E-state index in [9.17, 15) is 18.9 Å². The van der Waals surface area contributed by atoms with Crippen LogP contribution in [0, 0.1) is 10.1 Å². The lowest BCUT2D eigenvalue weighted by atomic mass is 10.3. The average Bonchev–Trinajstić information content (AvgIpc) is 2.37. The summed E-state index contributed by atoms with van der Waals surface area (Å²) >= 11 is 0. The number of hydrogen-bond acceptors (Lipinski definition) is 7. The lowest BCUT2D eigenvalue weighted by molar-refractivity contribution is -0.384. The number of hydrazine groups is 1. The van der Waals surface area contributed by atoms with Crippen LogP contribution in [0.2, 0.25) is 0 Å². The molecule has 1 rings (SSSR count). The highest BCUT2D eigenvalue weighted by atomic mass is 19.3. The summed E-state index contributed by atoms with van der Waals surface area (Å²) in [5, 5.41) is 19.5. The van der Waals surface area contributed by atoms with Crippen LogP contribution in [0.5, 0.6) is 0 Å². The Kier molecular flexibility index (Phi) is 5.33. The van der Waals surface area contributed by atoms with Gasteiger partial charge in [0.25, 0.3) is 12.1 Å². The minimum atomic E-state index is -2.66. The zero-order chi connectivity index (χ0) is 14.4. The molecule has 1 aromatic heterocycles. The summed E-state index contributed by atoms with van der Waals surface area (Å²) in [6, 6.07) is 2.11. The number of nitrogens with one attached hydrogen (secondary N) is 1. The topological polar surface area (TPSA) is 118 Å². The first-order valence-electron chi connectivity index (χ1n) is 5.25. The normalized spacial score (nSPS) is 10.6. The van der Waals surface area contributed by atoms with Gasteiger partial charge in [-0.05, 0) is 0 Å². The Bertz CT molecular complexity index is 446. The number of nitrogen functional groups attached to an aromatic ring is 1. The number of nitrogens with zero attached hydrogens (tertiary/aromatic N) is 3. The highest BCUT2D eigenvalue weighted by Crippen LogP contribution is 2.23. The molecule has 0 aliphatic heterocycles. The van der Waals surface area contributed by atoms with Crippen LogP contribution in [0.25, 0.3) is 0 Å². The van der Waals surface area contributed by atoms with Gasteiger partial charge in [-0.25, -0.2) is 19.6 Å². The van der Waals surface area contributed by atoms with E-state index in [0.717, 1.165) is 17.0 Å². The quantitative estimate of drug-likeness (QED) is 0.373. The average molecular weight is 277 g/mol. The van der Waals surface area contributed by atoms with Crippen LogP contribution in [0.1, 0.15) is 0 Å². The maximum absolute atomic E-state index is 12.4. The first-order valence-corrected chi connectivity index (χ1v) is 5.25. The van der Waals surface area contributed by atoms with E-state index in [2.05, 4.69) is 10.4 Å². The Morgan fingerprint density at radius 3 is 2.74 bits per heavy atom. The molecule has 0 amide bonds. The van der Waals surface area contributed by atoms with Gasteiger partial charge in [0.15, 0.2) is 0 Å². The Morgan fingerprint density at radius 2 is 2.26 bits per heavy atom. The van der Waals surface area contributed by atoms with Gasteiger partial charge in [-0.3, -0.25) is 10.1 Å². The number of aliphatic hydroxyl groups excluding tert-OH is 1. The molecule has 0 aliphatic carbocycles. The van der Waals surface area contributed by atoms with Crippen molar-refractivity contribution in [2.75, 3.05) is 30.0 Å². The molecule has 0 saturated heterocycles. The first kappa shape index (κ1) is 15.0. The Labute approximate surface area is 107 Å². The molecule has 0 aromatic carbocycles. The van der Waals surface area contributed by atoms with Crippen molar-refractivity contribution >= 4 is 17.3 Å². The molecule has 1 heterocycles. The minimum Gasteiger partial charge on any atom is -0.395 e. The molecular weight excluding hydrogens is 264 g/mol. The smallest absolute Gasteiger partial charge is 0.276 e. The van der Waals surface area contributed by atoms with Gasteiger partial charge >= 0.3 is 0 Å². The lowest BCUT2D eigenvalue weighted by Gasteiger charge is -2.22. The molecule has 19 heavy (non-hydrogen) atoms. The van der Waals surface area contributed by atoms with Crippen molar-refractivity contribution in [1.29, 1.82) is 0 Å². The van der Waals surface area contributed by atoms with E-state index in [0.29, 0.717) is 0 Å². The number of nitro groups is 1. The second kappa shape index (κ2) is 6.75.